The Morgan fingerprint density at radius 2 is 1.04 bits per heavy atom. The van der Waals surface area contributed by atoms with E-state index in [1.165, 1.54) is 57.8 Å². The largest absolute Gasteiger partial charge is 0.756 e. The van der Waals surface area contributed by atoms with Gasteiger partial charge in [0.1, 0.15) is 19.8 Å². The zero-order valence-corrected chi connectivity index (χ0v) is 35.3. The van der Waals surface area contributed by atoms with Gasteiger partial charge in [0, 0.05) is 12.8 Å². The van der Waals surface area contributed by atoms with Crippen molar-refractivity contribution in [3.63, 3.8) is 0 Å². The van der Waals surface area contributed by atoms with E-state index >= 15 is 0 Å². The molecule has 308 valence electrons. The number of unbranched alkanes of at least 4 members (excludes halogenated alkanes) is 15. The van der Waals surface area contributed by atoms with Crippen LogP contribution in [0.25, 0.3) is 0 Å². The molecule has 9 nitrogen and oxygen atoms in total. The van der Waals surface area contributed by atoms with Crippen LogP contribution in [0.4, 0.5) is 0 Å². The Morgan fingerprint density at radius 3 is 1.62 bits per heavy atom. The van der Waals surface area contributed by atoms with Crippen LogP contribution in [-0.2, 0) is 32.7 Å². The van der Waals surface area contributed by atoms with Gasteiger partial charge in [0.25, 0.3) is 7.82 Å². The van der Waals surface area contributed by atoms with Crippen molar-refractivity contribution in [3.8, 4) is 0 Å². The van der Waals surface area contributed by atoms with Crippen molar-refractivity contribution in [2.75, 3.05) is 47.5 Å². The van der Waals surface area contributed by atoms with Crippen LogP contribution in [0, 0.1) is 0 Å². The number of phosphoric acid groups is 1. The van der Waals surface area contributed by atoms with E-state index in [4.69, 9.17) is 18.5 Å². The summed E-state index contributed by atoms with van der Waals surface area (Å²) in [6.07, 6.45) is 40.0. The molecule has 53 heavy (non-hydrogen) atoms. The summed E-state index contributed by atoms with van der Waals surface area (Å²) in [5, 5.41) is 0. The van der Waals surface area contributed by atoms with Crippen LogP contribution in [0.3, 0.4) is 0 Å². The Kier molecular flexibility index (Phi) is 34.3. The second kappa shape index (κ2) is 35.7. The van der Waals surface area contributed by atoms with E-state index in [1.807, 2.05) is 27.2 Å². The normalized spacial score (nSPS) is 14.2. The number of hydrogen-bond acceptors (Lipinski definition) is 8. The molecule has 0 radical (unpaired) electrons. The van der Waals surface area contributed by atoms with E-state index in [1.54, 1.807) is 0 Å². The monoisotopic (exact) mass is 768 g/mol. The Bertz CT molecular complexity index is 1050. The quantitative estimate of drug-likeness (QED) is 0.0202. The number of likely N-dealkylation sites (N-methyl/N-ethyl adjacent to an activating group) is 1. The summed E-state index contributed by atoms with van der Waals surface area (Å²) < 4.78 is 33.7. The Hall–Kier alpha value is -2.03. The predicted octanol–water partition coefficient (Wildman–Crippen LogP) is 10.9. The highest BCUT2D eigenvalue weighted by Gasteiger charge is 2.21. The molecule has 0 amide bonds. The molecule has 10 heteroatoms. The van der Waals surface area contributed by atoms with Crippen LogP contribution in [0.1, 0.15) is 162 Å². The lowest BCUT2D eigenvalue weighted by atomic mass is 10.1. The third-order valence-electron chi connectivity index (χ3n) is 8.57. The fourth-order valence-corrected chi connectivity index (χ4v) is 5.98. The molecule has 0 fully saturated rings. The van der Waals surface area contributed by atoms with Crippen LogP contribution in [0.15, 0.2) is 48.6 Å². The lowest BCUT2D eigenvalue weighted by Crippen LogP contribution is -2.37. The first-order chi connectivity index (χ1) is 25.5. The summed E-state index contributed by atoms with van der Waals surface area (Å²) in [5.74, 6) is -0.910. The minimum atomic E-state index is -4.64. The summed E-state index contributed by atoms with van der Waals surface area (Å²) in [6, 6.07) is 0. The van der Waals surface area contributed by atoms with Crippen LogP contribution in [0.5, 0.6) is 0 Å². The molecule has 0 saturated heterocycles. The summed E-state index contributed by atoms with van der Waals surface area (Å²) in [5.41, 5.74) is 0. The zero-order valence-electron chi connectivity index (χ0n) is 34.4. The minimum absolute atomic E-state index is 0.0425. The highest BCUT2D eigenvalue weighted by molar-refractivity contribution is 7.45. The summed E-state index contributed by atoms with van der Waals surface area (Å²) in [7, 11) is 1.12. The van der Waals surface area contributed by atoms with Crippen LogP contribution in [0.2, 0.25) is 0 Å². The van der Waals surface area contributed by atoms with Crippen molar-refractivity contribution in [1.82, 2.24) is 0 Å². The highest BCUT2D eigenvalue weighted by atomic mass is 31.2. The van der Waals surface area contributed by atoms with Gasteiger partial charge in [0.2, 0.25) is 0 Å². The van der Waals surface area contributed by atoms with E-state index in [2.05, 4.69) is 56.4 Å². The first-order valence-corrected chi connectivity index (χ1v) is 22.3. The number of rotatable bonds is 37. The van der Waals surface area contributed by atoms with Gasteiger partial charge in [-0.25, -0.2) is 0 Å². The molecular weight excluding hydrogens is 689 g/mol. The molecule has 2 atom stereocenters. The number of nitrogens with zero attached hydrogens (tertiary/aromatic N) is 1. The SMILES string of the molecule is CCCCC/C=C/CCCCCCCC(=O)OC[C@H](COP(=O)([O-])OCC[N+](C)(C)C)OC(=O)CCC/C=C/C/C=C/C/C=C/CCCCCCCC. The van der Waals surface area contributed by atoms with E-state index in [0.29, 0.717) is 30.3 Å². The van der Waals surface area contributed by atoms with Crippen molar-refractivity contribution in [1.29, 1.82) is 0 Å². The molecule has 0 saturated carbocycles. The molecule has 0 spiro atoms. The van der Waals surface area contributed by atoms with Gasteiger partial charge in [-0.3, -0.25) is 14.2 Å². The molecule has 0 aliphatic carbocycles. The van der Waals surface area contributed by atoms with E-state index in [9.17, 15) is 19.0 Å². The molecule has 0 bridgehead atoms. The second-order valence-corrected chi connectivity index (χ2v) is 16.4. The Labute approximate surface area is 324 Å². The fraction of sp³-hybridized carbons (Fsp3) is 0.767. The first-order valence-electron chi connectivity index (χ1n) is 20.8. The molecule has 1 unspecified atom stereocenters. The van der Waals surface area contributed by atoms with Gasteiger partial charge in [0.05, 0.1) is 27.7 Å². The molecule has 0 aliphatic heterocycles. The van der Waals surface area contributed by atoms with Gasteiger partial charge in [-0.15, -0.1) is 0 Å². The van der Waals surface area contributed by atoms with E-state index in [-0.39, 0.29) is 26.1 Å². The lowest BCUT2D eigenvalue weighted by Gasteiger charge is -2.28. The van der Waals surface area contributed by atoms with Gasteiger partial charge < -0.3 is 27.9 Å². The molecule has 0 aromatic heterocycles. The zero-order chi connectivity index (χ0) is 39.3. The minimum Gasteiger partial charge on any atom is -0.756 e. The van der Waals surface area contributed by atoms with Crippen molar-refractivity contribution < 1.29 is 42.1 Å². The third kappa shape index (κ3) is 39.5. The standard InChI is InChI=1S/C43H78NO8P/c1-6-8-10-12-14-16-18-20-21-22-23-24-26-28-30-32-34-36-43(46)52-41(40-51-53(47,48)50-38-37-44(3,4)5)39-49-42(45)35-33-31-29-27-25-19-17-15-13-11-9-7-2/h15,17,20-21,23-24,28,30,41H,6-14,16,18-19,22,25-27,29,31-40H2,1-5H3/b17-15+,21-20+,24-23+,30-28+/t41-/m1/s1. The summed E-state index contributed by atoms with van der Waals surface area (Å²) in [4.78, 5) is 37.4. The number of hydrogen-bond donors (Lipinski definition) is 0. The van der Waals surface area contributed by atoms with Gasteiger partial charge >= 0.3 is 11.9 Å². The number of allylic oxidation sites excluding steroid dienone is 8. The van der Waals surface area contributed by atoms with Gasteiger partial charge in [-0.05, 0) is 70.6 Å². The van der Waals surface area contributed by atoms with Crippen LogP contribution < -0.4 is 4.89 Å². The summed E-state index contributed by atoms with van der Waals surface area (Å²) in [6.45, 7) is 4.11. The van der Waals surface area contributed by atoms with Crippen molar-refractivity contribution in [2.24, 2.45) is 0 Å². The molecule has 0 aromatic carbocycles. The van der Waals surface area contributed by atoms with Gasteiger partial charge in [0.15, 0.2) is 6.10 Å². The third-order valence-corrected chi connectivity index (χ3v) is 9.54. The van der Waals surface area contributed by atoms with Crippen LogP contribution >= 0.6 is 7.82 Å². The van der Waals surface area contributed by atoms with Crippen molar-refractivity contribution in [3.05, 3.63) is 48.6 Å². The molecular formula is C43H78NO8P. The Morgan fingerprint density at radius 1 is 0.585 bits per heavy atom. The van der Waals surface area contributed by atoms with Crippen LogP contribution in [-0.4, -0.2) is 70.0 Å². The van der Waals surface area contributed by atoms with Crippen molar-refractivity contribution in [2.45, 2.75) is 168 Å². The molecule has 0 heterocycles. The number of phosphoric ester groups is 1. The molecule has 0 N–H and O–H groups in total. The smallest absolute Gasteiger partial charge is 0.306 e. The Balaban J connectivity index is 4.50. The number of quaternary nitrogens is 1. The fourth-order valence-electron chi connectivity index (χ4n) is 5.25. The number of carbonyl (C=O) groups is 2. The highest BCUT2D eigenvalue weighted by Crippen LogP contribution is 2.38. The predicted molar refractivity (Wildman–Crippen MR) is 217 cm³/mol. The molecule has 0 aliphatic rings. The molecule has 0 aromatic rings. The molecule has 0 rings (SSSR count). The summed E-state index contributed by atoms with van der Waals surface area (Å²) >= 11 is 0. The maximum atomic E-state index is 12.6. The number of ether oxygens (including phenoxy) is 2. The van der Waals surface area contributed by atoms with Gasteiger partial charge in [-0.1, -0.05) is 127 Å². The lowest BCUT2D eigenvalue weighted by molar-refractivity contribution is -0.870. The first kappa shape index (κ1) is 51.0. The van der Waals surface area contributed by atoms with Crippen molar-refractivity contribution >= 4 is 19.8 Å². The van der Waals surface area contributed by atoms with E-state index in [0.717, 1.165) is 57.8 Å². The number of carbonyl (C=O) groups excluding carboxylic acids is 2. The average Bonchev–Trinajstić information content (AvgIpc) is 3.10. The second-order valence-electron chi connectivity index (χ2n) is 15.0. The maximum Gasteiger partial charge on any atom is 0.306 e. The maximum absolute atomic E-state index is 12.6. The number of esters is 2. The topological polar surface area (TPSA) is 111 Å². The average molecular weight is 768 g/mol. The van der Waals surface area contributed by atoms with Gasteiger partial charge in [-0.2, -0.15) is 0 Å². The van der Waals surface area contributed by atoms with E-state index < -0.39 is 32.5 Å².